The number of hydrogen-bond donors (Lipinski definition) is 0. The highest BCUT2D eigenvalue weighted by atomic mass is 19.4. The smallest absolute Gasteiger partial charge is 0.296 e. The summed E-state index contributed by atoms with van der Waals surface area (Å²) in [6.45, 7) is 0. The molecule has 0 saturated heterocycles. The van der Waals surface area contributed by atoms with E-state index in [0.29, 0.717) is 6.29 Å². The molecule has 28 heavy (non-hydrogen) atoms. The Morgan fingerprint density at radius 2 is 1.25 bits per heavy atom. The minimum Gasteiger partial charge on any atom is -0.296 e. The highest BCUT2D eigenvalue weighted by molar-refractivity contribution is 5.86. The summed E-state index contributed by atoms with van der Waals surface area (Å²) < 4.78 is 77.4. The SMILES string of the molecule is O=Cc1nc(-c2cccc(C(F)(F)F)c2)ccc1-c1cccc(C(F)(F)F)c1. The van der Waals surface area contributed by atoms with Crippen molar-refractivity contribution in [2.75, 3.05) is 0 Å². The van der Waals surface area contributed by atoms with E-state index in [1.165, 1.54) is 36.4 Å². The van der Waals surface area contributed by atoms with Crippen LogP contribution in [-0.2, 0) is 12.4 Å². The van der Waals surface area contributed by atoms with Crippen LogP contribution in [0.25, 0.3) is 22.4 Å². The van der Waals surface area contributed by atoms with Crippen LogP contribution in [0.4, 0.5) is 26.3 Å². The summed E-state index contributed by atoms with van der Waals surface area (Å²) >= 11 is 0. The number of hydrogen-bond acceptors (Lipinski definition) is 2. The lowest BCUT2D eigenvalue weighted by molar-refractivity contribution is -0.138. The number of alkyl halides is 6. The Labute approximate surface area is 155 Å². The van der Waals surface area contributed by atoms with Crippen LogP contribution in [0.3, 0.4) is 0 Å². The van der Waals surface area contributed by atoms with Gasteiger partial charge in [0.15, 0.2) is 6.29 Å². The molecule has 3 rings (SSSR count). The molecule has 0 aliphatic heterocycles. The molecule has 0 bridgehead atoms. The molecule has 2 nitrogen and oxygen atoms in total. The molecule has 0 amide bonds. The number of aldehydes is 1. The number of carbonyl (C=O) groups is 1. The van der Waals surface area contributed by atoms with Crippen LogP contribution in [-0.4, -0.2) is 11.3 Å². The number of nitrogens with zero attached hydrogens (tertiary/aromatic N) is 1. The van der Waals surface area contributed by atoms with Crippen LogP contribution in [0.15, 0.2) is 60.7 Å². The maximum atomic E-state index is 12.9. The molecule has 0 radical (unpaired) electrons. The van der Waals surface area contributed by atoms with Crippen molar-refractivity contribution in [3.8, 4) is 22.4 Å². The van der Waals surface area contributed by atoms with E-state index >= 15 is 0 Å². The standard InChI is InChI=1S/C20H11F6NO/c21-19(22,23)14-5-1-3-12(9-14)16-7-8-17(27-18(16)11-28)13-4-2-6-15(10-13)20(24,25)26/h1-11H. The summed E-state index contributed by atoms with van der Waals surface area (Å²) in [6, 6.07) is 11.5. The van der Waals surface area contributed by atoms with Crippen LogP contribution < -0.4 is 0 Å². The van der Waals surface area contributed by atoms with Crippen LogP contribution in [0, 0.1) is 0 Å². The maximum absolute atomic E-state index is 12.9. The third-order valence-electron chi connectivity index (χ3n) is 4.02. The molecule has 3 aromatic rings. The quantitative estimate of drug-likeness (QED) is 0.387. The largest absolute Gasteiger partial charge is 0.416 e. The predicted molar refractivity (Wildman–Crippen MR) is 90.5 cm³/mol. The number of pyridine rings is 1. The Morgan fingerprint density at radius 1 is 0.714 bits per heavy atom. The number of benzene rings is 2. The van der Waals surface area contributed by atoms with E-state index in [-0.39, 0.29) is 28.1 Å². The van der Waals surface area contributed by atoms with E-state index in [9.17, 15) is 31.1 Å². The third kappa shape index (κ3) is 4.05. The molecule has 1 heterocycles. The maximum Gasteiger partial charge on any atom is 0.416 e. The average molecular weight is 395 g/mol. The topological polar surface area (TPSA) is 30.0 Å². The number of rotatable bonds is 3. The first-order chi connectivity index (χ1) is 13.1. The van der Waals surface area contributed by atoms with Crippen LogP contribution in [0.5, 0.6) is 0 Å². The van der Waals surface area contributed by atoms with Gasteiger partial charge in [-0.3, -0.25) is 4.79 Å². The van der Waals surface area contributed by atoms with E-state index < -0.39 is 23.5 Å². The minimum absolute atomic E-state index is 0.101. The zero-order chi connectivity index (χ0) is 20.5. The van der Waals surface area contributed by atoms with Gasteiger partial charge < -0.3 is 0 Å². The second-order valence-corrected chi connectivity index (χ2v) is 5.90. The van der Waals surface area contributed by atoms with E-state index in [1.807, 2.05) is 0 Å². The zero-order valence-corrected chi connectivity index (χ0v) is 14.0. The van der Waals surface area contributed by atoms with Gasteiger partial charge in [0.1, 0.15) is 5.69 Å². The Balaban J connectivity index is 2.06. The van der Waals surface area contributed by atoms with Crippen molar-refractivity contribution in [2.24, 2.45) is 0 Å². The molecule has 0 spiro atoms. The summed E-state index contributed by atoms with van der Waals surface area (Å²) in [5.74, 6) is 0. The summed E-state index contributed by atoms with van der Waals surface area (Å²) in [4.78, 5) is 15.5. The van der Waals surface area contributed by atoms with Gasteiger partial charge in [-0.1, -0.05) is 24.3 Å². The van der Waals surface area contributed by atoms with E-state index in [0.717, 1.165) is 24.3 Å². The van der Waals surface area contributed by atoms with Crippen molar-refractivity contribution >= 4 is 6.29 Å². The van der Waals surface area contributed by atoms with Crippen molar-refractivity contribution in [3.63, 3.8) is 0 Å². The monoisotopic (exact) mass is 395 g/mol. The lowest BCUT2D eigenvalue weighted by Crippen LogP contribution is -2.05. The van der Waals surface area contributed by atoms with Crippen molar-refractivity contribution in [1.82, 2.24) is 4.98 Å². The molecule has 2 aromatic carbocycles. The van der Waals surface area contributed by atoms with Gasteiger partial charge in [0, 0.05) is 11.1 Å². The molecule has 0 atom stereocenters. The van der Waals surface area contributed by atoms with Crippen molar-refractivity contribution in [1.29, 1.82) is 0 Å². The number of halogens is 6. The molecule has 0 aliphatic carbocycles. The third-order valence-corrected chi connectivity index (χ3v) is 4.02. The highest BCUT2D eigenvalue weighted by Crippen LogP contribution is 2.34. The summed E-state index contributed by atoms with van der Waals surface area (Å²) in [7, 11) is 0. The van der Waals surface area contributed by atoms with Crippen molar-refractivity contribution in [3.05, 3.63) is 77.5 Å². The first kappa shape index (κ1) is 19.6. The Hall–Kier alpha value is -3.16. The second kappa shape index (κ2) is 7.10. The Morgan fingerprint density at radius 3 is 1.79 bits per heavy atom. The normalized spacial score (nSPS) is 12.1. The number of aromatic nitrogens is 1. The van der Waals surface area contributed by atoms with Crippen molar-refractivity contribution in [2.45, 2.75) is 12.4 Å². The molecule has 0 N–H and O–H groups in total. The molecular weight excluding hydrogens is 384 g/mol. The molecule has 1 aromatic heterocycles. The lowest BCUT2D eigenvalue weighted by Gasteiger charge is -2.12. The van der Waals surface area contributed by atoms with Gasteiger partial charge in [-0.15, -0.1) is 0 Å². The first-order valence-corrected chi connectivity index (χ1v) is 7.91. The molecular formula is C20H11F6NO. The summed E-state index contributed by atoms with van der Waals surface area (Å²) in [5.41, 5.74) is -1.42. The van der Waals surface area contributed by atoms with Crippen LogP contribution in [0.1, 0.15) is 21.6 Å². The van der Waals surface area contributed by atoms with E-state index in [1.54, 1.807) is 0 Å². The molecule has 8 heteroatoms. The summed E-state index contributed by atoms with van der Waals surface area (Å²) in [6.07, 6.45) is -8.74. The predicted octanol–water partition coefficient (Wildman–Crippen LogP) is 6.27. The van der Waals surface area contributed by atoms with Gasteiger partial charge in [0.25, 0.3) is 0 Å². The van der Waals surface area contributed by atoms with Gasteiger partial charge in [0.2, 0.25) is 0 Å². The number of carbonyl (C=O) groups excluding carboxylic acids is 1. The van der Waals surface area contributed by atoms with Gasteiger partial charge in [0.05, 0.1) is 16.8 Å². The van der Waals surface area contributed by atoms with Gasteiger partial charge >= 0.3 is 12.4 Å². The zero-order valence-electron chi connectivity index (χ0n) is 14.0. The van der Waals surface area contributed by atoms with Crippen LogP contribution in [0.2, 0.25) is 0 Å². The van der Waals surface area contributed by atoms with Gasteiger partial charge in [-0.05, 0) is 42.0 Å². The highest BCUT2D eigenvalue weighted by Gasteiger charge is 2.31. The molecule has 144 valence electrons. The fourth-order valence-electron chi connectivity index (χ4n) is 2.69. The van der Waals surface area contributed by atoms with Gasteiger partial charge in [-0.2, -0.15) is 26.3 Å². The van der Waals surface area contributed by atoms with E-state index in [4.69, 9.17) is 0 Å². The average Bonchev–Trinajstić information content (AvgIpc) is 2.66. The molecule has 0 fully saturated rings. The van der Waals surface area contributed by atoms with Crippen molar-refractivity contribution < 1.29 is 31.1 Å². The van der Waals surface area contributed by atoms with E-state index in [2.05, 4.69) is 4.98 Å². The molecule has 0 aliphatic rings. The minimum atomic E-state index is -4.55. The fraction of sp³-hybridized carbons (Fsp3) is 0.100. The lowest BCUT2D eigenvalue weighted by atomic mass is 10.00. The molecule has 0 unspecified atom stereocenters. The Bertz CT molecular complexity index is 1020. The van der Waals surface area contributed by atoms with Gasteiger partial charge in [-0.25, -0.2) is 4.98 Å². The first-order valence-electron chi connectivity index (χ1n) is 7.91. The summed E-state index contributed by atoms with van der Waals surface area (Å²) in [5, 5.41) is 0. The molecule has 0 saturated carbocycles. The fourth-order valence-corrected chi connectivity index (χ4v) is 2.69. The van der Waals surface area contributed by atoms with Crippen LogP contribution >= 0.6 is 0 Å². The Kier molecular flexibility index (Phi) is 4.97. The second-order valence-electron chi connectivity index (χ2n) is 5.90.